The highest BCUT2D eigenvalue weighted by Gasteiger charge is 2.08. The molecule has 1 N–H and O–H groups in total. The third kappa shape index (κ3) is 6.50. The Hall–Kier alpha value is -1.22. The van der Waals surface area contributed by atoms with Gasteiger partial charge in [-0.15, -0.1) is 0 Å². The van der Waals surface area contributed by atoms with Crippen molar-refractivity contribution < 1.29 is 9.47 Å². The van der Waals surface area contributed by atoms with Gasteiger partial charge in [0.15, 0.2) is 0 Å². The quantitative estimate of drug-likeness (QED) is 0.782. The summed E-state index contributed by atoms with van der Waals surface area (Å²) in [6.45, 7) is 11.7. The van der Waals surface area contributed by atoms with Gasteiger partial charge in [-0.2, -0.15) is 0 Å². The minimum Gasteiger partial charge on any atom is -0.491 e. The number of ether oxygens (including phenoxy) is 2. The van der Waals surface area contributed by atoms with Gasteiger partial charge >= 0.3 is 0 Å². The molecular formula is C15H25NO2. The highest BCUT2D eigenvalue weighted by Crippen LogP contribution is 2.16. The van der Waals surface area contributed by atoms with Crippen molar-refractivity contribution in [2.75, 3.05) is 18.5 Å². The van der Waals surface area contributed by atoms with E-state index < -0.39 is 0 Å². The van der Waals surface area contributed by atoms with Crippen LogP contribution in [-0.2, 0) is 4.74 Å². The minimum absolute atomic E-state index is 0.0728. The second-order valence-corrected chi connectivity index (χ2v) is 5.58. The molecule has 0 radical (unpaired) electrons. The second-order valence-electron chi connectivity index (χ2n) is 5.58. The van der Waals surface area contributed by atoms with E-state index >= 15 is 0 Å². The fourth-order valence-corrected chi connectivity index (χ4v) is 1.48. The van der Waals surface area contributed by atoms with Crippen molar-refractivity contribution in [1.29, 1.82) is 0 Å². The van der Waals surface area contributed by atoms with E-state index in [-0.39, 0.29) is 11.7 Å². The summed E-state index contributed by atoms with van der Waals surface area (Å²) < 4.78 is 11.2. The summed E-state index contributed by atoms with van der Waals surface area (Å²) in [6, 6.07) is 8.00. The zero-order valence-corrected chi connectivity index (χ0v) is 12.1. The summed E-state index contributed by atoms with van der Waals surface area (Å²) in [5, 5.41) is 3.32. The smallest absolute Gasteiger partial charge is 0.119 e. The predicted octanol–water partition coefficient (Wildman–Crippen LogP) is 3.70. The molecule has 3 heteroatoms. The molecule has 1 aromatic carbocycles. The van der Waals surface area contributed by atoms with E-state index in [0.717, 1.165) is 18.0 Å². The maximum atomic E-state index is 5.64. The van der Waals surface area contributed by atoms with E-state index in [1.165, 1.54) is 0 Å². The van der Waals surface area contributed by atoms with Crippen molar-refractivity contribution >= 4 is 5.69 Å². The Kier molecular flexibility index (Phi) is 5.48. The number of rotatable bonds is 6. The number of hydrogen-bond acceptors (Lipinski definition) is 3. The van der Waals surface area contributed by atoms with Crippen LogP contribution >= 0.6 is 0 Å². The monoisotopic (exact) mass is 251 g/mol. The lowest BCUT2D eigenvalue weighted by Gasteiger charge is -2.19. The van der Waals surface area contributed by atoms with Crippen molar-refractivity contribution in [3.63, 3.8) is 0 Å². The zero-order chi connectivity index (χ0) is 13.6. The average molecular weight is 251 g/mol. The van der Waals surface area contributed by atoms with Crippen LogP contribution in [0, 0.1) is 0 Å². The van der Waals surface area contributed by atoms with Gasteiger partial charge in [-0.05, 0) is 58.9 Å². The Bertz CT molecular complexity index is 339. The third-order valence-electron chi connectivity index (χ3n) is 2.19. The van der Waals surface area contributed by atoms with Gasteiger partial charge < -0.3 is 14.8 Å². The lowest BCUT2D eigenvalue weighted by molar-refractivity contribution is 0.00333. The van der Waals surface area contributed by atoms with Crippen LogP contribution in [0.25, 0.3) is 0 Å². The molecule has 0 saturated heterocycles. The van der Waals surface area contributed by atoms with Gasteiger partial charge in [0.2, 0.25) is 0 Å². The molecule has 0 aliphatic heterocycles. The molecule has 0 heterocycles. The Morgan fingerprint density at radius 1 is 1.11 bits per heavy atom. The lowest BCUT2D eigenvalue weighted by Crippen LogP contribution is -2.23. The second kappa shape index (κ2) is 6.64. The first-order chi connectivity index (χ1) is 8.37. The van der Waals surface area contributed by atoms with Gasteiger partial charge in [-0.25, -0.2) is 0 Å². The molecule has 0 fully saturated rings. The minimum atomic E-state index is -0.0728. The van der Waals surface area contributed by atoms with Gasteiger partial charge in [-0.3, -0.25) is 0 Å². The molecule has 0 amide bonds. The van der Waals surface area contributed by atoms with E-state index in [1.54, 1.807) is 0 Å². The first-order valence-electron chi connectivity index (χ1n) is 6.51. The molecule has 0 saturated carbocycles. The molecule has 18 heavy (non-hydrogen) atoms. The van der Waals surface area contributed by atoms with E-state index in [9.17, 15) is 0 Å². The first-order valence-corrected chi connectivity index (χ1v) is 6.51. The normalized spacial score (nSPS) is 11.7. The number of hydrogen-bond donors (Lipinski definition) is 1. The van der Waals surface area contributed by atoms with Crippen LogP contribution in [0.4, 0.5) is 5.69 Å². The Morgan fingerprint density at radius 3 is 2.22 bits per heavy atom. The molecule has 1 rings (SSSR count). The van der Waals surface area contributed by atoms with Crippen molar-refractivity contribution in [3.05, 3.63) is 24.3 Å². The molecule has 0 aliphatic carbocycles. The van der Waals surface area contributed by atoms with Crippen molar-refractivity contribution in [3.8, 4) is 5.75 Å². The Labute approximate surface area is 110 Å². The Morgan fingerprint density at radius 2 is 1.72 bits per heavy atom. The fraction of sp³-hybridized carbons (Fsp3) is 0.600. The average Bonchev–Trinajstić information content (AvgIpc) is 2.24. The van der Waals surface area contributed by atoms with Crippen LogP contribution in [0.15, 0.2) is 24.3 Å². The van der Waals surface area contributed by atoms with Crippen molar-refractivity contribution in [2.24, 2.45) is 0 Å². The number of anilines is 1. The van der Waals surface area contributed by atoms with Crippen LogP contribution in [0.1, 0.15) is 34.6 Å². The predicted molar refractivity (Wildman–Crippen MR) is 76.4 cm³/mol. The summed E-state index contributed by atoms with van der Waals surface area (Å²) in [5.41, 5.74) is 1.01. The summed E-state index contributed by atoms with van der Waals surface area (Å²) in [4.78, 5) is 0. The molecule has 0 spiro atoms. The summed E-state index contributed by atoms with van der Waals surface area (Å²) in [7, 11) is 0. The molecule has 3 nitrogen and oxygen atoms in total. The zero-order valence-electron chi connectivity index (χ0n) is 12.1. The van der Waals surface area contributed by atoms with E-state index in [2.05, 4.69) is 26.1 Å². The van der Waals surface area contributed by atoms with E-state index in [4.69, 9.17) is 9.47 Å². The fourth-order valence-electron chi connectivity index (χ4n) is 1.48. The SMILES string of the molecule is CC(C)Oc1ccc(NCCOC(C)(C)C)cc1. The molecule has 0 unspecified atom stereocenters. The lowest BCUT2D eigenvalue weighted by atomic mass is 10.2. The summed E-state index contributed by atoms with van der Waals surface area (Å²) in [6.07, 6.45) is 0.212. The van der Waals surface area contributed by atoms with E-state index in [1.807, 2.05) is 38.1 Å². The van der Waals surface area contributed by atoms with Gasteiger partial charge in [0.1, 0.15) is 5.75 Å². The van der Waals surface area contributed by atoms with Crippen molar-refractivity contribution in [2.45, 2.75) is 46.3 Å². The summed E-state index contributed by atoms with van der Waals surface area (Å²) in [5.74, 6) is 0.904. The molecule has 1 aromatic rings. The largest absolute Gasteiger partial charge is 0.491 e. The highest BCUT2D eigenvalue weighted by molar-refractivity contribution is 5.46. The van der Waals surface area contributed by atoms with Gasteiger partial charge in [0.25, 0.3) is 0 Å². The van der Waals surface area contributed by atoms with Gasteiger partial charge in [0, 0.05) is 12.2 Å². The van der Waals surface area contributed by atoms with Crippen LogP contribution in [-0.4, -0.2) is 24.9 Å². The van der Waals surface area contributed by atoms with Crippen LogP contribution in [0.5, 0.6) is 5.75 Å². The topological polar surface area (TPSA) is 30.5 Å². The van der Waals surface area contributed by atoms with E-state index in [0.29, 0.717) is 6.61 Å². The molecule has 0 atom stereocenters. The van der Waals surface area contributed by atoms with Crippen molar-refractivity contribution in [1.82, 2.24) is 0 Å². The van der Waals surface area contributed by atoms with Crippen LogP contribution < -0.4 is 10.1 Å². The molecular weight excluding hydrogens is 226 g/mol. The molecule has 0 bridgehead atoms. The maximum Gasteiger partial charge on any atom is 0.119 e. The molecule has 102 valence electrons. The molecule has 0 aliphatic rings. The maximum absolute atomic E-state index is 5.64. The highest BCUT2D eigenvalue weighted by atomic mass is 16.5. The standard InChI is InChI=1S/C15H25NO2/c1-12(2)18-14-8-6-13(7-9-14)16-10-11-17-15(3,4)5/h6-9,12,16H,10-11H2,1-5H3. The number of benzene rings is 1. The Balaban J connectivity index is 2.31. The third-order valence-corrected chi connectivity index (χ3v) is 2.19. The number of nitrogens with one attached hydrogen (secondary N) is 1. The summed E-state index contributed by atoms with van der Waals surface area (Å²) >= 11 is 0. The first kappa shape index (κ1) is 14.8. The molecule has 0 aromatic heterocycles. The van der Waals surface area contributed by atoms with Crippen LogP contribution in [0.3, 0.4) is 0 Å². The van der Waals surface area contributed by atoms with Gasteiger partial charge in [-0.1, -0.05) is 0 Å². The van der Waals surface area contributed by atoms with Crippen LogP contribution in [0.2, 0.25) is 0 Å². The van der Waals surface area contributed by atoms with Gasteiger partial charge in [0.05, 0.1) is 18.3 Å².